The Hall–Kier alpha value is -2.18. The molecular weight excluding hydrogens is 258 g/mol. The van der Waals surface area contributed by atoms with Crippen molar-refractivity contribution in [1.82, 2.24) is 19.7 Å². The largest absolute Gasteiger partial charge is 0.476 e. The highest BCUT2D eigenvalue weighted by molar-refractivity contribution is 6.04. The third kappa shape index (κ3) is 1.90. The molecule has 0 bridgehead atoms. The Balaban J connectivity index is 2.21. The molecule has 7 heteroatoms. The lowest BCUT2D eigenvalue weighted by Crippen LogP contribution is -2.22. The number of anilines is 1. The first-order chi connectivity index (χ1) is 9.59. The van der Waals surface area contributed by atoms with Gasteiger partial charge in [-0.1, -0.05) is 19.8 Å². The van der Waals surface area contributed by atoms with E-state index in [-0.39, 0.29) is 17.6 Å². The van der Waals surface area contributed by atoms with E-state index < -0.39 is 5.97 Å². The minimum absolute atomic E-state index is 0.0594. The molecule has 106 valence electrons. The van der Waals surface area contributed by atoms with Gasteiger partial charge in [0.25, 0.3) is 0 Å². The first-order valence-corrected chi connectivity index (χ1v) is 6.81. The molecule has 0 unspecified atom stereocenters. The third-order valence-corrected chi connectivity index (χ3v) is 4.10. The molecule has 7 nitrogen and oxygen atoms in total. The molecule has 1 aliphatic rings. The molecule has 2 heterocycles. The maximum absolute atomic E-state index is 11.4. The van der Waals surface area contributed by atoms with Gasteiger partial charge in [-0.2, -0.15) is 5.10 Å². The fourth-order valence-corrected chi connectivity index (χ4v) is 3.04. The zero-order valence-electron chi connectivity index (χ0n) is 11.3. The maximum atomic E-state index is 11.4. The summed E-state index contributed by atoms with van der Waals surface area (Å²) in [6, 6.07) is 0.175. The summed E-state index contributed by atoms with van der Waals surface area (Å²) in [5.74, 6) is -0.481. The fourth-order valence-electron chi connectivity index (χ4n) is 3.04. The van der Waals surface area contributed by atoms with E-state index in [1.54, 1.807) is 4.68 Å². The first kappa shape index (κ1) is 12.8. The van der Waals surface area contributed by atoms with Crippen LogP contribution in [-0.2, 0) is 0 Å². The fraction of sp³-hybridized carbons (Fsp3) is 0.538. The number of aromatic nitrogens is 4. The number of rotatable bonds is 2. The second kappa shape index (κ2) is 4.73. The van der Waals surface area contributed by atoms with Crippen LogP contribution in [0.15, 0.2) is 6.33 Å². The predicted octanol–water partition coefficient (Wildman–Crippen LogP) is 1.86. The standard InChI is InChI=1S/C13H17N5O2/c1-7-4-2-3-5-8(7)18-12-9(10(17-18)13(19)20)11(14)15-6-16-12/h6-8H,2-5H2,1H3,(H,19,20)(H2,14,15,16)/t7-,8-/m1/s1. The van der Waals surface area contributed by atoms with Gasteiger partial charge < -0.3 is 10.8 Å². The minimum Gasteiger partial charge on any atom is -0.476 e. The van der Waals surface area contributed by atoms with Gasteiger partial charge in [-0.3, -0.25) is 0 Å². The second-order valence-corrected chi connectivity index (χ2v) is 5.38. The summed E-state index contributed by atoms with van der Waals surface area (Å²) < 4.78 is 1.74. The molecule has 2 aromatic heterocycles. The molecule has 0 aliphatic heterocycles. The van der Waals surface area contributed by atoms with Crippen molar-refractivity contribution in [2.45, 2.75) is 38.6 Å². The van der Waals surface area contributed by atoms with Gasteiger partial charge in [0.2, 0.25) is 0 Å². The van der Waals surface area contributed by atoms with Gasteiger partial charge in [0.05, 0.1) is 11.4 Å². The number of hydrogen-bond donors (Lipinski definition) is 2. The molecule has 0 aromatic carbocycles. The van der Waals surface area contributed by atoms with E-state index in [9.17, 15) is 9.90 Å². The summed E-state index contributed by atoms with van der Waals surface area (Å²) in [7, 11) is 0. The monoisotopic (exact) mass is 275 g/mol. The summed E-state index contributed by atoms with van der Waals surface area (Å²) in [6.45, 7) is 2.17. The summed E-state index contributed by atoms with van der Waals surface area (Å²) in [6.07, 6.45) is 5.80. The van der Waals surface area contributed by atoms with Gasteiger partial charge in [0.1, 0.15) is 12.1 Å². The Morgan fingerprint density at radius 1 is 1.40 bits per heavy atom. The normalized spacial score (nSPS) is 23.1. The van der Waals surface area contributed by atoms with Crippen molar-refractivity contribution in [2.75, 3.05) is 5.73 Å². The lowest BCUT2D eigenvalue weighted by Gasteiger charge is -2.29. The van der Waals surface area contributed by atoms with Crippen LogP contribution in [-0.4, -0.2) is 30.8 Å². The third-order valence-electron chi connectivity index (χ3n) is 4.10. The van der Waals surface area contributed by atoms with Crippen LogP contribution in [0.4, 0.5) is 5.82 Å². The van der Waals surface area contributed by atoms with Gasteiger partial charge in [0.15, 0.2) is 11.3 Å². The molecule has 1 saturated carbocycles. The van der Waals surface area contributed by atoms with Crippen LogP contribution in [0.2, 0.25) is 0 Å². The molecular formula is C13H17N5O2. The van der Waals surface area contributed by atoms with E-state index in [1.807, 2.05) is 0 Å². The van der Waals surface area contributed by atoms with Gasteiger partial charge in [-0.25, -0.2) is 19.4 Å². The molecule has 0 radical (unpaired) electrons. The van der Waals surface area contributed by atoms with Crippen LogP contribution in [0.25, 0.3) is 11.0 Å². The summed E-state index contributed by atoms with van der Waals surface area (Å²) in [4.78, 5) is 19.4. The Morgan fingerprint density at radius 3 is 2.85 bits per heavy atom. The molecule has 0 saturated heterocycles. The molecule has 3 rings (SSSR count). The number of carbonyl (C=O) groups is 1. The Morgan fingerprint density at radius 2 is 2.15 bits per heavy atom. The van der Waals surface area contributed by atoms with Crippen molar-refractivity contribution >= 4 is 22.8 Å². The van der Waals surface area contributed by atoms with Crippen LogP contribution < -0.4 is 5.73 Å². The quantitative estimate of drug-likeness (QED) is 0.866. The number of fused-ring (bicyclic) bond motifs is 1. The van der Waals surface area contributed by atoms with Gasteiger partial charge >= 0.3 is 5.97 Å². The zero-order chi connectivity index (χ0) is 14.3. The lowest BCUT2D eigenvalue weighted by atomic mass is 9.86. The molecule has 3 N–H and O–H groups in total. The highest BCUT2D eigenvalue weighted by Gasteiger charge is 2.29. The molecule has 20 heavy (non-hydrogen) atoms. The van der Waals surface area contributed by atoms with Gasteiger partial charge in [-0.05, 0) is 18.8 Å². The topological polar surface area (TPSA) is 107 Å². The van der Waals surface area contributed by atoms with E-state index in [0.717, 1.165) is 19.3 Å². The number of carboxylic acids is 1. The number of nitrogen functional groups attached to an aromatic ring is 1. The van der Waals surface area contributed by atoms with Crippen LogP contribution >= 0.6 is 0 Å². The number of aromatic carboxylic acids is 1. The summed E-state index contributed by atoms with van der Waals surface area (Å²) in [5, 5.41) is 13.9. The van der Waals surface area contributed by atoms with Crippen LogP contribution in [0.5, 0.6) is 0 Å². The molecule has 2 atom stereocenters. The van der Waals surface area contributed by atoms with Gasteiger partial charge in [-0.15, -0.1) is 0 Å². The van der Waals surface area contributed by atoms with Crippen molar-refractivity contribution in [1.29, 1.82) is 0 Å². The van der Waals surface area contributed by atoms with Crippen molar-refractivity contribution < 1.29 is 9.90 Å². The first-order valence-electron chi connectivity index (χ1n) is 6.81. The van der Waals surface area contributed by atoms with E-state index >= 15 is 0 Å². The predicted molar refractivity (Wildman–Crippen MR) is 73.4 cm³/mol. The van der Waals surface area contributed by atoms with E-state index in [1.165, 1.54) is 12.7 Å². The Bertz CT molecular complexity index is 666. The average Bonchev–Trinajstić information content (AvgIpc) is 2.80. The van der Waals surface area contributed by atoms with Gasteiger partial charge in [0, 0.05) is 0 Å². The molecule has 1 fully saturated rings. The number of nitrogens with two attached hydrogens (primary N) is 1. The van der Waals surface area contributed by atoms with E-state index in [4.69, 9.17) is 5.73 Å². The Labute approximate surface area is 115 Å². The molecule has 0 spiro atoms. The van der Waals surface area contributed by atoms with Crippen LogP contribution in [0.1, 0.15) is 49.1 Å². The maximum Gasteiger partial charge on any atom is 0.357 e. The molecule has 2 aromatic rings. The molecule has 0 amide bonds. The Kier molecular flexibility index (Phi) is 3.04. The summed E-state index contributed by atoms with van der Waals surface area (Å²) in [5.41, 5.74) is 6.27. The number of hydrogen-bond acceptors (Lipinski definition) is 5. The lowest BCUT2D eigenvalue weighted by molar-refractivity contribution is 0.0690. The van der Waals surface area contributed by atoms with E-state index in [0.29, 0.717) is 17.0 Å². The highest BCUT2D eigenvalue weighted by atomic mass is 16.4. The SMILES string of the molecule is C[C@@H]1CCCC[C@H]1n1nc(C(=O)O)c2c(N)ncnc21. The number of nitrogens with zero attached hydrogens (tertiary/aromatic N) is 4. The van der Waals surface area contributed by atoms with Crippen molar-refractivity contribution in [3.8, 4) is 0 Å². The highest BCUT2D eigenvalue weighted by Crippen LogP contribution is 2.35. The summed E-state index contributed by atoms with van der Waals surface area (Å²) >= 11 is 0. The smallest absolute Gasteiger partial charge is 0.357 e. The zero-order valence-corrected chi connectivity index (χ0v) is 11.3. The average molecular weight is 275 g/mol. The van der Waals surface area contributed by atoms with Crippen LogP contribution in [0.3, 0.4) is 0 Å². The molecule has 1 aliphatic carbocycles. The minimum atomic E-state index is -1.10. The van der Waals surface area contributed by atoms with Crippen molar-refractivity contribution in [3.05, 3.63) is 12.0 Å². The van der Waals surface area contributed by atoms with Crippen molar-refractivity contribution in [2.24, 2.45) is 5.92 Å². The van der Waals surface area contributed by atoms with Crippen LogP contribution in [0, 0.1) is 5.92 Å². The second-order valence-electron chi connectivity index (χ2n) is 5.38. The van der Waals surface area contributed by atoms with E-state index in [2.05, 4.69) is 22.0 Å². The van der Waals surface area contributed by atoms with Crippen molar-refractivity contribution in [3.63, 3.8) is 0 Å². The number of carboxylic acid groups (broad SMARTS) is 1.